The summed E-state index contributed by atoms with van der Waals surface area (Å²) < 4.78 is 5.77. The van der Waals surface area contributed by atoms with Crippen molar-refractivity contribution in [2.75, 3.05) is 0 Å². The van der Waals surface area contributed by atoms with E-state index in [1.54, 1.807) is 6.33 Å². The zero-order valence-electron chi connectivity index (χ0n) is 12.3. The van der Waals surface area contributed by atoms with Crippen LogP contribution in [-0.2, 0) is 10.3 Å². The van der Waals surface area contributed by atoms with Crippen LogP contribution in [0.1, 0.15) is 31.2 Å². The lowest BCUT2D eigenvalue weighted by molar-refractivity contribution is 0.0907. The molecule has 4 rings (SSSR count). The van der Waals surface area contributed by atoms with E-state index >= 15 is 0 Å². The molecule has 1 saturated carbocycles. The topological polar surface area (TPSA) is 73.4 Å². The molecule has 0 spiro atoms. The summed E-state index contributed by atoms with van der Waals surface area (Å²) >= 11 is 0. The van der Waals surface area contributed by atoms with Crippen molar-refractivity contribution in [3.8, 4) is 11.1 Å². The molecule has 22 heavy (non-hydrogen) atoms. The fraction of sp³-hybridized carbons (Fsp3) is 0.353. The summed E-state index contributed by atoms with van der Waals surface area (Å²) in [4.78, 5) is 12.9. The van der Waals surface area contributed by atoms with Gasteiger partial charge in [0.15, 0.2) is 0 Å². The Morgan fingerprint density at radius 2 is 2.00 bits per heavy atom. The van der Waals surface area contributed by atoms with Crippen molar-refractivity contribution in [1.82, 2.24) is 9.97 Å². The number of benzene rings is 1. The Balaban J connectivity index is 1.79. The summed E-state index contributed by atoms with van der Waals surface area (Å²) in [7, 11) is 0. The van der Waals surface area contributed by atoms with Gasteiger partial charge in [0, 0.05) is 18.0 Å². The standard InChI is InChI=1S/C17H18N4O/c18-16-21-17(7-2-1-6-15(17)22-16)14-5-3-4-12(8-14)13-9-19-11-20-10-13/h3-5,8-11,15H,1-2,6-7H2,(H2,18,21)/t15-,17-/m1/s1. The molecule has 5 nitrogen and oxygen atoms in total. The summed E-state index contributed by atoms with van der Waals surface area (Å²) in [5, 5.41) is 0. The number of amidine groups is 1. The second kappa shape index (κ2) is 5.09. The first-order valence-electron chi connectivity index (χ1n) is 7.66. The number of aromatic nitrogens is 2. The Bertz CT molecular complexity index is 716. The number of fused-ring (bicyclic) bond motifs is 1. The number of aliphatic imine (C=N–C) groups is 1. The molecule has 1 aliphatic carbocycles. The van der Waals surface area contributed by atoms with E-state index in [9.17, 15) is 0 Å². The Hall–Kier alpha value is -2.43. The van der Waals surface area contributed by atoms with Crippen LogP contribution in [0, 0.1) is 0 Å². The monoisotopic (exact) mass is 294 g/mol. The zero-order chi connectivity index (χ0) is 15.0. The van der Waals surface area contributed by atoms with Crippen molar-refractivity contribution < 1.29 is 4.74 Å². The quantitative estimate of drug-likeness (QED) is 0.924. The van der Waals surface area contributed by atoms with Crippen molar-refractivity contribution in [3.05, 3.63) is 48.5 Å². The maximum Gasteiger partial charge on any atom is 0.283 e. The van der Waals surface area contributed by atoms with Crippen LogP contribution in [-0.4, -0.2) is 22.1 Å². The molecular formula is C17H18N4O. The fourth-order valence-electron chi connectivity index (χ4n) is 3.59. The number of rotatable bonds is 2. The van der Waals surface area contributed by atoms with E-state index < -0.39 is 0 Å². The van der Waals surface area contributed by atoms with Gasteiger partial charge in [0.2, 0.25) is 0 Å². The third-order valence-corrected chi connectivity index (χ3v) is 4.64. The van der Waals surface area contributed by atoms with Crippen molar-refractivity contribution in [2.45, 2.75) is 37.3 Å². The Kier molecular flexibility index (Phi) is 3.06. The van der Waals surface area contributed by atoms with Crippen molar-refractivity contribution in [3.63, 3.8) is 0 Å². The van der Waals surface area contributed by atoms with Gasteiger partial charge in [-0.25, -0.2) is 15.0 Å². The first-order chi connectivity index (χ1) is 10.8. The van der Waals surface area contributed by atoms with Crippen LogP contribution < -0.4 is 5.73 Å². The van der Waals surface area contributed by atoms with Gasteiger partial charge in [0.25, 0.3) is 6.02 Å². The average molecular weight is 294 g/mol. The maximum absolute atomic E-state index is 5.87. The summed E-state index contributed by atoms with van der Waals surface area (Å²) in [6, 6.07) is 8.74. The van der Waals surface area contributed by atoms with Crippen molar-refractivity contribution in [2.24, 2.45) is 10.7 Å². The second-order valence-electron chi connectivity index (χ2n) is 5.93. The molecule has 1 fully saturated rings. The molecule has 2 aromatic rings. The fourth-order valence-corrected chi connectivity index (χ4v) is 3.59. The normalized spacial score (nSPS) is 26.9. The van der Waals surface area contributed by atoms with E-state index in [1.807, 2.05) is 12.4 Å². The molecule has 1 aromatic heterocycles. The van der Waals surface area contributed by atoms with Gasteiger partial charge in [-0.2, -0.15) is 0 Å². The number of nitrogens with zero attached hydrogens (tertiary/aromatic N) is 3. The van der Waals surface area contributed by atoms with Crippen LogP contribution in [0.2, 0.25) is 0 Å². The zero-order valence-corrected chi connectivity index (χ0v) is 12.3. The lowest BCUT2D eigenvalue weighted by atomic mass is 9.75. The van der Waals surface area contributed by atoms with Crippen LogP contribution in [0.4, 0.5) is 0 Å². The molecule has 2 atom stereocenters. The summed E-state index contributed by atoms with van der Waals surface area (Å²) in [5.41, 5.74) is 8.81. The molecule has 112 valence electrons. The molecule has 0 amide bonds. The minimum atomic E-state index is -0.325. The smallest absolute Gasteiger partial charge is 0.283 e. The number of hydrogen-bond donors (Lipinski definition) is 1. The molecule has 2 N–H and O–H groups in total. The third kappa shape index (κ3) is 2.04. The average Bonchev–Trinajstić information content (AvgIpc) is 2.93. The molecule has 0 unspecified atom stereocenters. The highest BCUT2D eigenvalue weighted by Crippen LogP contribution is 2.46. The Morgan fingerprint density at radius 3 is 2.86 bits per heavy atom. The first-order valence-corrected chi connectivity index (χ1v) is 7.66. The summed E-state index contributed by atoms with van der Waals surface area (Å²) in [6.45, 7) is 0. The minimum absolute atomic E-state index is 0.0588. The lowest BCUT2D eigenvalue weighted by Crippen LogP contribution is -2.38. The van der Waals surface area contributed by atoms with E-state index in [2.05, 4.69) is 39.2 Å². The molecule has 2 aliphatic rings. The van der Waals surface area contributed by atoms with Gasteiger partial charge in [-0.15, -0.1) is 0 Å². The van der Waals surface area contributed by atoms with E-state index in [0.717, 1.165) is 30.4 Å². The van der Waals surface area contributed by atoms with Crippen LogP contribution >= 0.6 is 0 Å². The maximum atomic E-state index is 5.87. The van der Waals surface area contributed by atoms with Gasteiger partial charge < -0.3 is 10.5 Å². The van der Waals surface area contributed by atoms with Gasteiger partial charge in [-0.3, -0.25) is 0 Å². The molecule has 5 heteroatoms. The predicted molar refractivity (Wildman–Crippen MR) is 84.1 cm³/mol. The molecule has 0 radical (unpaired) electrons. The predicted octanol–water partition coefficient (Wildman–Crippen LogP) is 2.63. The summed E-state index contributed by atoms with van der Waals surface area (Å²) in [6.07, 6.45) is 9.55. The highest BCUT2D eigenvalue weighted by Gasteiger charge is 2.48. The number of nitrogens with two attached hydrogens (primary N) is 1. The molecule has 1 aromatic carbocycles. The highest BCUT2D eigenvalue weighted by molar-refractivity contribution is 5.75. The SMILES string of the molecule is NC1=N[C@@]2(c3cccc(-c4cncnc4)c3)CCCC[C@H]2O1. The Morgan fingerprint density at radius 1 is 1.14 bits per heavy atom. The van der Waals surface area contributed by atoms with Gasteiger partial charge in [-0.1, -0.05) is 24.6 Å². The second-order valence-corrected chi connectivity index (χ2v) is 5.93. The van der Waals surface area contributed by atoms with Crippen molar-refractivity contribution >= 4 is 6.02 Å². The number of ether oxygens (including phenoxy) is 1. The van der Waals surface area contributed by atoms with Crippen molar-refractivity contribution in [1.29, 1.82) is 0 Å². The largest absolute Gasteiger partial charge is 0.459 e. The van der Waals surface area contributed by atoms with Crippen LogP contribution in [0.15, 0.2) is 48.0 Å². The minimum Gasteiger partial charge on any atom is -0.459 e. The molecule has 2 heterocycles. The van der Waals surface area contributed by atoms with Gasteiger partial charge in [0.1, 0.15) is 18.0 Å². The van der Waals surface area contributed by atoms with E-state index in [4.69, 9.17) is 10.5 Å². The van der Waals surface area contributed by atoms with E-state index in [0.29, 0.717) is 6.02 Å². The van der Waals surface area contributed by atoms with E-state index in [-0.39, 0.29) is 11.6 Å². The van der Waals surface area contributed by atoms with Gasteiger partial charge >= 0.3 is 0 Å². The van der Waals surface area contributed by atoms with E-state index in [1.165, 1.54) is 12.0 Å². The first kappa shape index (κ1) is 13.2. The van der Waals surface area contributed by atoms with Crippen LogP contribution in [0.25, 0.3) is 11.1 Å². The molecule has 0 saturated heterocycles. The molecular weight excluding hydrogens is 276 g/mol. The summed E-state index contributed by atoms with van der Waals surface area (Å²) in [5.74, 6) is 0. The third-order valence-electron chi connectivity index (χ3n) is 4.64. The molecule has 1 aliphatic heterocycles. The van der Waals surface area contributed by atoms with Crippen LogP contribution in [0.3, 0.4) is 0 Å². The van der Waals surface area contributed by atoms with Gasteiger partial charge in [0.05, 0.1) is 0 Å². The van der Waals surface area contributed by atoms with Gasteiger partial charge in [-0.05, 0) is 36.5 Å². The molecule has 0 bridgehead atoms. The highest BCUT2D eigenvalue weighted by atomic mass is 16.5. The lowest BCUT2D eigenvalue weighted by Gasteiger charge is -2.35. The van der Waals surface area contributed by atoms with Crippen LogP contribution in [0.5, 0.6) is 0 Å². The Labute approximate surface area is 129 Å². The number of hydrogen-bond acceptors (Lipinski definition) is 5.